The average Bonchev–Trinajstić information content (AvgIpc) is 3.27. The molecule has 1 N–H and O–H groups in total. The molecular weight excluding hydrogens is 312 g/mol. The van der Waals surface area contributed by atoms with E-state index in [0.717, 1.165) is 12.8 Å². The highest BCUT2D eigenvalue weighted by Crippen LogP contribution is 2.34. The monoisotopic (exact) mass is 328 g/mol. The molecule has 0 amide bonds. The van der Waals surface area contributed by atoms with Crippen LogP contribution in [0.25, 0.3) is 0 Å². The van der Waals surface area contributed by atoms with Crippen molar-refractivity contribution < 1.29 is 13.5 Å². The van der Waals surface area contributed by atoms with E-state index in [2.05, 4.69) is 0 Å². The number of nitrogens with zero attached hydrogens (tertiary/aromatic N) is 2. The van der Waals surface area contributed by atoms with Crippen molar-refractivity contribution in [1.29, 1.82) is 5.26 Å². The third-order valence-electron chi connectivity index (χ3n) is 3.41. The van der Waals surface area contributed by atoms with Crippen molar-refractivity contribution >= 4 is 21.6 Å². The zero-order chi connectivity index (χ0) is 15.5. The van der Waals surface area contributed by atoms with Crippen molar-refractivity contribution in [3.63, 3.8) is 0 Å². The number of aliphatic hydroxyl groups is 1. The normalized spacial score (nSPS) is 15.1. The molecule has 2 rings (SSSR count). The first kappa shape index (κ1) is 16.2. The van der Waals surface area contributed by atoms with Crippen LogP contribution in [0, 0.1) is 11.3 Å². The molecule has 1 aliphatic carbocycles. The second kappa shape index (κ2) is 6.75. The first-order valence-corrected chi connectivity index (χ1v) is 8.65. The van der Waals surface area contributed by atoms with Crippen molar-refractivity contribution in [2.75, 3.05) is 13.2 Å². The fraction of sp³-hybridized carbons (Fsp3) is 0.500. The smallest absolute Gasteiger partial charge is 0.244 e. The van der Waals surface area contributed by atoms with Crippen LogP contribution in [0.1, 0.15) is 31.2 Å². The molecule has 1 aliphatic rings. The predicted octanol–water partition coefficient (Wildman–Crippen LogP) is 2.14. The van der Waals surface area contributed by atoms with E-state index >= 15 is 0 Å². The third-order valence-corrected chi connectivity index (χ3v) is 5.72. The highest BCUT2D eigenvalue weighted by atomic mass is 35.5. The molecular formula is C14H17ClN2O3S. The van der Waals surface area contributed by atoms with E-state index in [1.807, 2.05) is 6.07 Å². The van der Waals surface area contributed by atoms with Gasteiger partial charge in [-0.25, -0.2) is 8.42 Å². The lowest BCUT2D eigenvalue weighted by Gasteiger charge is -2.22. The Labute approximate surface area is 129 Å². The van der Waals surface area contributed by atoms with E-state index in [1.165, 1.54) is 22.5 Å². The summed E-state index contributed by atoms with van der Waals surface area (Å²) < 4.78 is 27.0. The quantitative estimate of drug-likeness (QED) is 0.777. The van der Waals surface area contributed by atoms with Crippen LogP contribution in [0.5, 0.6) is 0 Å². The van der Waals surface area contributed by atoms with Gasteiger partial charge < -0.3 is 5.11 Å². The van der Waals surface area contributed by atoms with Gasteiger partial charge in [-0.1, -0.05) is 17.7 Å². The molecule has 1 saturated carbocycles. The molecule has 0 spiro atoms. The fourth-order valence-electron chi connectivity index (χ4n) is 2.20. The van der Waals surface area contributed by atoms with Gasteiger partial charge in [-0.15, -0.1) is 0 Å². The zero-order valence-corrected chi connectivity index (χ0v) is 13.1. The Morgan fingerprint density at radius 1 is 1.38 bits per heavy atom. The first-order valence-electron chi connectivity index (χ1n) is 6.83. The molecule has 114 valence electrons. The van der Waals surface area contributed by atoms with Gasteiger partial charge in [0.2, 0.25) is 10.0 Å². The van der Waals surface area contributed by atoms with Gasteiger partial charge in [0, 0.05) is 19.2 Å². The summed E-state index contributed by atoms with van der Waals surface area (Å²) in [6.45, 7) is 0.393. The standard InChI is InChI=1S/C14H17ClN2O3S/c15-13-4-3-5-14(12(13)10-16)21(19,20)17(11-6-7-11)8-1-2-9-18/h3-5,11,18H,1-2,6-9H2. The Hall–Kier alpha value is -1.13. The minimum atomic E-state index is -3.74. The number of hydrogen-bond donors (Lipinski definition) is 1. The topological polar surface area (TPSA) is 81.4 Å². The molecule has 21 heavy (non-hydrogen) atoms. The van der Waals surface area contributed by atoms with Gasteiger partial charge in [-0.2, -0.15) is 9.57 Å². The van der Waals surface area contributed by atoms with Gasteiger partial charge in [0.05, 0.1) is 10.6 Å². The van der Waals surface area contributed by atoms with Gasteiger partial charge in [-0.05, 0) is 37.8 Å². The number of unbranched alkanes of at least 4 members (excludes halogenated alkanes) is 1. The maximum absolute atomic E-state index is 12.8. The number of aliphatic hydroxyl groups excluding tert-OH is 1. The van der Waals surface area contributed by atoms with Crippen molar-refractivity contribution in [2.24, 2.45) is 0 Å². The molecule has 0 heterocycles. The molecule has 1 aromatic carbocycles. The second-order valence-corrected chi connectivity index (χ2v) is 7.27. The first-order chi connectivity index (χ1) is 10.0. The van der Waals surface area contributed by atoms with Gasteiger partial charge in [0.25, 0.3) is 0 Å². The Morgan fingerprint density at radius 2 is 2.10 bits per heavy atom. The van der Waals surface area contributed by atoms with E-state index in [0.29, 0.717) is 19.4 Å². The maximum atomic E-state index is 12.8. The lowest BCUT2D eigenvalue weighted by Crippen LogP contribution is -2.34. The third kappa shape index (κ3) is 3.55. The Bertz CT molecular complexity index is 651. The van der Waals surface area contributed by atoms with Crippen LogP contribution in [-0.4, -0.2) is 37.0 Å². The van der Waals surface area contributed by atoms with Gasteiger partial charge in [-0.3, -0.25) is 0 Å². The van der Waals surface area contributed by atoms with Crippen molar-refractivity contribution in [3.05, 3.63) is 28.8 Å². The number of nitriles is 1. The van der Waals surface area contributed by atoms with Crippen LogP contribution in [0.3, 0.4) is 0 Å². The van der Waals surface area contributed by atoms with Crippen LogP contribution < -0.4 is 0 Å². The molecule has 0 saturated heterocycles. The summed E-state index contributed by atoms with van der Waals surface area (Å²) in [6, 6.07) is 6.33. The molecule has 7 heteroatoms. The van der Waals surface area contributed by atoms with Crippen molar-refractivity contribution in [2.45, 2.75) is 36.6 Å². The Morgan fingerprint density at radius 3 is 2.67 bits per heavy atom. The number of rotatable bonds is 7. The highest BCUT2D eigenvalue weighted by Gasteiger charge is 2.38. The molecule has 0 aliphatic heterocycles. The summed E-state index contributed by atoms with van der Waals surface area (Å²) in [5.74, 6) is 0. The SMILES string of the molecule is N#Cc1c(Cl)cccc1S(=O)(=O)N(CCCCO)C1CC1. The molecule has 0 atom stereocenters. The number of halogens is 1. The van der Waals surface area contributed by atoms with Crippen molar-refractivity contribution in [1.82, 2.24) is 4.31 Å². The van der Waals surface area contributed by atoms with Crippen LogP contribution >= 0.6 is 11.6 Å². The lowest BCUT2D eigenvalue weighted by atomic mass is 10.2. The van der Waals surface area contributed by atoms with E-state index in [4.69, 9.17) is 22.0 Å². The molecule has 0 bridgehead atoms. The zero-order valence-electron chi connectivity index (χ0n) is 11.5. The highest BCUT2D eigenvalue weighted by molar-refractivity contribution is 7.89. The lowest BCUT2D eigenvalue weighted by molar-refractivity contribution is 0.275. The molecule has 1 fully saturated rings. The minimum Gasteiger partial charge on any atom is -0.396 e. The van der Waals surface area contributed by atoms with E-state index < -0.39 is 10.0 Å². The largest absolute Gasteiger partial charge is 0.396 e. The fourth-order valence-corrected chi connectivity index (χ4v) is 4.36. The van der Waals surface area contributed by atoms with Crippen LogP contribution in [0.2, 0.25) is 5.02 Å². The Balaban J connectivity index is 2.35. The Kier molecular flexibility index (Phi) is 5.22. The van der Waals surface area contributed by atoms with Gasteiger partial charge >= 0.3 is 0 Å². The summed E-state index contributed by atoms with van der Waals surface area (Å²) in [5.41, 5.74) is -0.00743. The van der Waals surface area contributed by atoms with Crippen LogP contribution in [0.15, 0.2) is 23.1 Å². The van der Waals surface area contributed by atoms with Crippen LogP contribution in [-0.2, 0) is 10.0 Å². The maximum Gasteiger partial charge on any atom is 0.244 e. The van der Waals surface area contributed by atoms with Gasteiger partial charge in [0.15, 0.2) is 0 Å². The predicted molar refractivity (Wildman–Crippen MR) is 79.4 cm³/mol. The summed E-state index contributed by atoms with van der Waals surface area (Å²) in [7, 11) is -3.74. The van der Waals surface area contributed by atoms with Gasteiger partial charge in [0.1, 0.15) is 11.0 Å². The summed E-state index contributed by atoms with van der Waals surface area (Å²) in [6.07, 6.45) is 2.82. The number of benzene rings is 1. The average molecular weight is 329 g/mol. The molecule has 0 unspecified atom stereocenters. The minimum absolute atomic E-state index is 0.000725. The molecule has 0 aromatic heterocycles. The molecule has 5 nitrogen and oxygen atoms in total. The second-order valence-electron chi connectivity index (χ2n) is 5.00. The number of hydrogen-bond acceptors (Lipinski definition) is 4. The van der Waals surface area contributed by atoms with E-state index in [-0.39, 0.29) is 28.1 Å². The molecule has 1 aromatic rings. The van der Waals surface area contributed by atoms with Crippen LogP contribution in [0.4, 0.5) is 0 Å². The van der Waals surface area contributed by atoms with Crippen molar-refractivity contribution in [3.8, 4) is 6.07 Å². The number of sulfonamides is 1. The molecule has 0 radical (unpaired) electrons. The van der Waals surface area contributed by atoms with E-state index in [1.54, 1.807) is 0 Å². The summed E-state index contributed by atoms with van der Waals surface area (Å²) in [5, 5.41) is 18.1. The summed E-state index contributed by atoms with van der Waals surface area (Å²) in [4.78, 5) is -0.0339. The summed E-state index contributed by atoms with van der Waals surface area (Å²) >= 11 is 5.92. The van der Waals surface area contributed by atoms with E-state index in [9.17, 15) is 8.42 Å².